The van der Waals surface area contributed by atoms with E-state index in [2.05, 4.69) is 15.3 Å². The van der Waals surface area contributed by atoms with Crippen LogP contribution in [0.1, 0.15) is 38.7 Å². The number of hydrogen-bond acceptors (Lipinski definition) is 7. The molecule has 2 fully saturated rings. The zero-order valence-corrected chi connectivity index (χ0v) is 18.4. The average molecular weight is 475 g/mol. The van der Waals surface area contributed by atoms with Gasteiger partial charge in [0.05, 0.1) is 42.0 Å². The van der Waals surface area contributed by atoms with Gasteiger partial charge in [-0.05, 0) is 19.8 Å². The number of thiazole rings is 1. The highest BCUT2D eigenvalue weighted by atomic mass is 35.5. The number of amides is 1. The number of carbonyl (C=O) groups is 2. The molecule has 0 saturated carbocycles. The Balaban J connectivity index is 1.55. The van der Waals surface area contributed by atoms with Gasteiger partial charge in [0.2, 0.25) is 5.79 Å². The van der Waals surface area contributed by atoms with Crippen molar-refractivity contribution in [2.45, 2.75) is 31.6 Å². The number of aromatic carboxylic acids is 1. The molecule has 162 valence electrons. The topological polar surface area (TPSA) is 117 Å². The van der Waals surface area contributed by atoms with Crippen LogP contribution in [0.5, 0.6) is 0 Å². The van der Waals surface area contributed by atoms with Gasteiger partial charge < -0.3 is 29.8 Å². The highest BCUT2D eigenvalue weighted by Crippen LogP contribution is 2.35. The van der Waals surface area contributed by atoms with Crippen molar-refractivity contribution in [2.75, 3.05) is 31.2 Å². The third kappa shape index (κ3) is 3.90. The first-order chi connectivity index (χ1) is 14.3. The Morgan fingerprint density at radius 3 is 2.70 bits per heavy atom. The smallest absolute Gasteiger partial charge is 0.347 e. The summed E-state index contributed by atoms with van der Waals surface area (Å²) in [6.45, 7) is 3.57. The Morgan fingerprint density at radius 1 is 1.37 bits per heavy atom. The Bertz CT molecular complexity index is 972. The molecule has 4 heterocycles. The number of carboxylic acid groups (broad SMARTS) is 1. The van der Waals surface area contributed by atoms with E-state index in [0.717, 1.165) is 17.8 Å². The third-order valence-electron chi connectivity index (χ3n) is 5.17. The van der Waals surface area contributed by atoms with Crippen LogP contribution in [0.25, 0.3) is 0 Å². The van der Waals surface area contributed by atoms with Crippen LogP contribution in [0.15, 0.2) is 6.20 Å². The largest absolute Gasteiger partial charge is 0.477 e. The minimum absolute atomic E-state index is 0.161. The molecule has 0 aliphatic carbocycles. The monoisotopic (exact) mass is 474 g/mol. The molecule has 1 amide bonds. The lowest BCUT2D eigenvalue weighted by molar-refractivity contribution is -0.279. The van der Waals surface area contributed by atoms with E-state index in [1.807, 2.05) is 4.90 Å². The number of piperidine rings is 1. The van der Waals surface area contributed by atoms with Crippen LogP contribution in [0, 0.1) is 6.92 Å². The molecule has 2 aromatic rings. The fourth-order valence-corrected chi connectivity index (χ4v) is 4.85. The number of hydrogen-bond donors (Lipinski definition) is 3. The number of aryl methyl sites for hydroxylation is 1. The molecule has 9 nitrogen and oxygen atoms in total. The maximum Gasteiger partial charge on any atom is 0.347 e. The van der Waals surface area contributed by atoms with Crippen molar-refractivity contribution in [3.63, 3.8) is 0 Å². The summed E-state index contributed by atoms with van der Waals surface area (Å²) in [5, 5.41) is 13.2. The Morgan fingerprint density at radius 2 is 2.10 bits per heavy atom. The number of aromatic nitrogens is 2. The molecule has 1 atom stereocenters. The number of rotatable bonds is 4. The van der Waals surface area contributed by atoms with Crippen LogP contribution in [-0.2, 0) is 9.47 Å². The summed E-state index contributed by atoms with van der Waals surface area (Å²) < 4.78 is 12.1. The lowest BCUT2D eigenvalue weighted by Gasteiger charge is -2.49. The van der Waals surface area contributed by atoms with E-state index < -0.39 is 23.7 Å². The number of carboxylic acids is 1. The summed E-state index contributed by atoms with van der Waals surface area (Å²) in [6.07, 6.45) is 2.60. The number of carbonyl (C=O) groups excluding carboxylic acids is 1. The Hall–Kier alpha value is -1.85. The number of halogens is 2. The highest BCUT2D eigenvalue weighted by Gasteiger charge is 2.49. The van der Waals surface area contributed by atoms with Gasteiger partial charge in [0.25, 0.3) is 5.91 Å². The first kappa shape index (κ1) is 21.4. The van der Waals surface area contributed by atoms with Gasteiger partial charge in [0.15, 0.2) is 5.13 Å². The summed E-state index contributed by atoms with van der Waals surface area (Å²) in [4.78, 5) is 33.3. The summed E-state index contributed by atoms with van der Waals surface area (Å²) in [5.74, 6) is -2.48. The van der Waals surface area contributed by atoms with Gasteiger partial charge in [-0.2, -0.15) is 0 Å². The van der Waals surface area contributed by atoms with Crippen molar-refractivity contribution in [2.24, 2.45) is 0 Å². The van der Waals surface area contributed by atoms with Gasteiger partial charge in [-0.15, -0.1) is 0 Å². The second kappa shape index (κ2) is 8.35. The summed E-state index contributed by atoms with van der Waals surface area (Å²) in [6, 6.07) is -0.432. The number of aromatic amines is 1. The molecular weight excluding hydrogens is 455 g/mol. The lowest BCUT2D eigenvalue weighted by atomic mass is 9.96. The minimum Gasteiger partial charge on any atom is -0.477 e. The molecule has 1 spiro atoms. The number of ether oxygens (including phenoxy) is 2. The average Bonchev–Trinajstić information content (AvgIpc) is 3.32. The molecule has 0 radical (unpaired) electrons. The molecule has 12 heteroatoms. The second-order valence-electron chi connectivity index (χ2n) is 7.16. The van der Waals surface area contributed by atoms with E-state index in [9.17, 15) is 9.59 Å². The molecule has 0 unspecified atom stereocenters. The van der Waals surface area contributed by atoms with Crippen molar-refractivity contribution in [1.29, 1.82) is 0 Å². The predicted molar refractivity (Wildman–Crippen MR) is 112 cm³/mol. The van der Waals surface area contributed by atoms with Crippen LogP contribution < -0.4 is 10.2 Å². The van der Waals surface area contributed by atoms with Crippen molar-refractivity contribution in [3.05, 3.63) is 32.5 Å². The maximum absolute atomic E-state index is 12.9. The van der Waals surface area contributed by atoms with E-state index in [1.165, 1.54) is 6.20 Å². The van der Waals surface area contributed by atoms with Crippen LogP contribution in [0.3, 0.4) is 0 Å². The van der Waals surface area contributed by atoms with Gasteiger partial charge in [0.1, 0.15) is 10.6 Å². The van der Waals surface area contributed by atoms with Crippen LogP contribution in [0.2, 0.25) is 10.0 Å². The van der Waals surface area contributed by atoms with Crippen LogP contribution >= 0.6 is 34.5 Å². The summed E-state index contributed by atoms with van der Waals surface area (Å²) >= 11 is 13.4. The SMILES string of the molecule is Cc1[nH]c(C(=O)N[C@@H]2CCN(c3ncc(C(=O)O)s3)CC23OCCCO3)c(Cl)c1Cl. The lowest BCUT2D eigenvalue weighted by Crippen LogP contribution is -2.66. The van der Waals surface area contributed by atoms with E-state index in [4.69, 9.17) is 37.8 Å². The molecule has 0 bridgehead atoms. The van der Waals surface area contributed by atoms with Gasteiger partial charge in [-0.3, -0.25) is 4.79 Å². The van der Waals surface area contributed by atoms with E-state index in [-0.39, 0.29) is 15.6 Å². The zero-order chi connectivity index (χ0) is 21.5. The van der Waals surface area contributed by atoms with Crippen molar-refractivity contribution in [3.8, 4) is 0 Å². The number of anilines is 1. The highest BCUT2D eigenvalue weighted by molar-refractivity contribution is 7.17. The Labute approximate surface area is 186 Å². The van der Waals surface area contributed by atoms with Gasteiger partial charge in [-0.25, -0.2) is 9.78 Å². The molecule has 0 aromatic carbocycles. The quantitative estimate of drug-likeness (QED) is 0.623. The molecule has 2 aliphatic heterocycles. The first-order valence-corrected chi connectivity index (χ1v) is 10.9. The van der Waals surface area contributed by atoms with E-state index in [1.54, 1.807) is 6.92 Å². The van der Waals surface area contributed by atoms with Gasteiger partial charge in [-0.1, -0.05) is 34.5 Å². The van der Waals surface area contributed by atoms with Crippen molar-refractivity contribution < 1.29 is 24.2 Å². The van der Waals surface area contributed by atoms with E-state index in [0.29, 0.717) is 48.6 Å². The maximum atomic E-state index is 12.9. The molecule has 2 aromatic heterocycles. The number of nitrogens with one attached hydrogen (secondary N) is 2. The predicted octanol–water partition coefficient (Wildman–Crippen LogP) is 2.93. The van der Waals surface area contributed by atoms with E-state index >= 15 is 0 Å². The molecular formula is C18H20Cl2N4O5S. The summed E-state index contributed by atoms with van der Waals surface area (Å²) in [5.41, 5.74) is 0.804. The molecule has 2 aliphatic rings. The molecule has 30 heavy (non-hydrogen) atoms. The minimum atomic E-state index is -1.07. The van der Waals surface area contributed by atoms with Crippen LogP contribution in [-0.4, -0.2) is 65.1 Å². The second-order valence-corrected chi connectivity index (χ2v) is 8.93. The fraction of sp³-hybridized carbons (Fsp3) is 0.500. The summed E-state index contributed by atoms with van der Waals surface area (Å²) in [7, 11) is 0. The van der Waals surface area contributed by atoms with Crippen LogP contribution in [0.4, 0.5) is 5.13 Å². The normalized spacial score (nSPS) is 21.0. The zero-order valence-electron chi connectivity index (χ0n) is 16.0. The fourth-order valence-electron chi connectivity index (χ4n) is 3.66. The standard InChI is InChI=1S/C18H20Cl2N4O5S/c1-9-12(19)13(20)14(22-9)15(25)23-11-3-4-24(8-18(11)28-5-2-6-29-18)17-21-7-10(30-17)16(26)27/h7,11,22H,2-6,8H2,1H3,(H,23,25)(H,26,27)/t11-/m1/s1. The molecule has 2 saturated heterocycles. The van der Waals surface area contributed by atoms with Crippen molar-refractivity contribution in [1.82, 2.24) is 15.3 Å². The number of H-pyrrole nitrogens is 1. The molecule has 3 N–H and O–H groups in total. The number of nitrogens with zero attached hydrogens (tertiary/aromatic N) is 2. The van der Waals surface area contributed by atoms with Gasteiger partial charge in [0, 0.05) is 12.2 Å². The molecule has 4 rings (SSSR count). The Kier molecular flexibility index (Phi) is 5.95. The van der Waals surface area contributed by atoms with Crippen molar-refractivity contribution >= 4 is 51.5 Å². The van der Waals surface area contributed by atoms with Gasteiger partial charge >= 0.3 is 5.97 Å². The third-order valence-corrected chi connectivity index (χ3v) is 7.17. The first-order valence-electron chi connectivity index (χ1n) is 9.37.